The van der Waals surface area contributed by atoms with E-state index < -0.39 is 8.56 Å². The van der Waals surface area contributed by atoms with Crippen molar-refractivity contribution in [3.8, 4) is 0 Å². The Kier molecular flexibility index (Phi) is 5.01. The van der Waals surface area contributed by atoms with Crippen molar-refractivity contribution in [1.82, 2.24) is 0 Å². The minimum Gasteiger partial charge on any atom is -0.398 e. The molecule has 0 radical (unpaired) electrons. The molecule has 0 heterocycles. The summed E-state index contributed by atoms with van der Waals surface area (Å²) in [6, 6.07) is 11.3. The first kappa shape index (κ1) is 12.4. The summed E-state index contributed by atoms with van der Waals surface area (Å²) in [6.45, 7) is 5.03. The first-order valence-corrected chi connectivity index (χ1v) is 7.95. The van der Waals surface area contributed by atoms with Gasteiger partial charge in [0.25, 0.3) is 0 Å². The molecule has 2 nitrogen and oxygen atoms in total. The highest BCUT2D eigenvalue weighted by atomic mass is 28.4. The summed E-state index contributed by atoms with van der Waals surface area (Å²) in [5.74, 6) is 0. The highest BCUT2D eigenvalue weighted by Crippen LogP contribution is 2.14. The summed E-state index contributed by atoms with van der Waals surface area (Å²) in [5, 5.41) is 0. The van der Waals surface area contributed by atoms with Crippen LogP contribution in [-0.4, -0.2) is 22.3 Å². The van der Waals surface area contributed by atoms with Gasteiger partial charge in [0.2, 0.25) is 0 Å². The van der Waals surface area contributed by atoms with Crippen molar-refractivity contribution in [3.63, 3.8) is 0 Å². The van der Waals surface area contributed by atoms with Crippen LogP contribution in [0.25, 0.3) is 0 Å². The van der Waals surface area contributed by atoms with Crippen LogP contribution in [0.4, 0.5) is 0 Å². The van der Waals surface area contributed by atoms with E-state index in [-0.39, 0.29) is 0 Å². The van der Waals surface area contributed by atoms with Crippen molar-refractivity contribution in [2.24, 2.45) is 0 Å². The van der Waals surface area contributed by atoms with Gasteiger partial charge in [-0.1, -0.05) is 37.3 Å². The Bertz CT molecular complexity index is 276. The maximum absolute atomic E-state index is 5.85. The monoisotopic (exact) mass is 224 g/mol. The molecule has 84 valence electrons. The fourth-order valence-corrected chi connectivity index (χ4v) is 3.44. The van der Waals surface area contributed by atoms with Crippen molar-refractivity contribution < 1.29 is 8.85 Å². The van der Waals surface area contributed by atoms with Crippen LogP contribution in [0.2, 0.25) is 6.55 Å². The zero-order valence-corrected chi connectivity index (χ0v) is 10.8. The Morgan fingerprint density at radius 1 is 1.20 bits per heavy atom. The number of hydrogen-bond donors (Lipinski definition) is 0. The molecule has 1 rings (SSSR count). The third-order valence-corrected chi connectivity index (χ3v) is 5.14. The van der Waals surface area contributed by atoms with Gasteiger partial charge in [0.05, 0.1) is 0 Å². The lowest BCUT2D eigenvalue weighted by Crippen LogP contribution is -2.40. The SMILES string of the molecule is CCCO[Si](C)(Cc1ccccc1)OC. The molecule has 0 fully saturated rings. The molecule has 1 unspecified atom stereocenters. The second-order valence-corrected chi connectivity index (χ2v) is 7.17. The van der Waals surface area contributed by atoms with E-state index in [9.17, 15) is 0 Å². The smallest absolute Gasteiger partial charge is 0.339 e. The lowest BCUT2D eigenvalue weighted by atomic mass is 10.2. The molecule has 0 aliphatic rings. The number of hydrogen-bond acceptors (Lipinski definition) is 2. The van der Waals surface area contributed by atoms with Crippen LogP contribution in [0.5, 0.6) is 0 Å². The molecule has 1 aromatic rings. The Morgan fingerprint density at radius 3 is 2.40 bits per heavy atom. The molecule has 0 spiro atoms. The fourth-order valence-electron chi connectivity index (χ4n) is 1.47. The molecule has 0 N–H and O–H groups in total. The van der Waals surface area contributed by atoms with Crippen LogP contribution in [0.3, 0.4) is 0 Å². The second-order valence-electron chi connectivity index (χ2n) is 3.85. The first-order valence-electron chi connectivity index (χ1n) is 5.43. The Morgan fingerprint density at radius 2 is 1.87 bits per heavy atom. The van der Waals surface area contributed by atoms with E-state index in [4.69, 9.17) is 8.85 Å². The summed E-state index contributed by atoms with van der Waals surface area (Å²) in [6.07, 6.45) is 1.04. The lowest BCUT2D eigenvalue weighted by molar-refractivity contribution is 0.204. The van der Waals surface area contributed by atoms with Crippen LogP contribution < -0.4 is 0 Å². The molecule has 0 aliphatic carbocycles. The maximum Gasteiger partial charge on any atom is 0.339 e. The van der Waals surface area contributed by atoms with Crippen molar-refractivity contribution >= 4 is 8.56 Å². The molecule has 0 aliphatic heterocycles. The normalized spacial score (nSPS) is 14.9. The van der Waals surface area contributed by atoms with E-state index in [1.165, 1.54) is 5.56 Å². The summed E-state index contributed by atoms with van der Waals surface area (Å²) in [5.41, 5.74) is 1.30. The van der Waals surface area contributed by atoms with Gasteiger partial charge < -0.3 is 8.85 Å². The van der Waals surface area contributed by atoms with Crippen LogP contribution in [-0.2, 0) is 14.9 Å². The van der Waals surface area contributed by atoms with Crippen LogP contribution in [0.1, 0.15) is 18.9 Å². The zero-order chi connectivity index (χ0) is 11.1. The van der Waals surface area contributed by atoms with E-state index in [2.05, 4.69) is 37.7 Å². The van der Waals surface area contributed by atoms with Crippen LogP contribution in [0.15, 0.2) is 30.3 Å². The van der Waals surface area contributed by atoms with Gasteiger partial charge in [-0.15, -0.1) is 0 Å². The standard InChI is InChI=1S/C12H20O2Si/c1-4-10-14-15(3,13-2)11-12-8-6-5-7-9-12/h5-9H,4,10-11H2,1-3H3. The van der Waals surface area contributed by atoms with E-state index in [0.717, 1.165) is 19.1 Å². The summed E-state index contributed by atoms with van der Waals surface area (Å²) >= 11 is 0. The summed E-state index contributed by atoms with van der Waals surface area (Å²) in [7, 11) is -0.230. The van der Waals surface area contributed by atoms with Gasteiger partial charge in [-0.2, -0.15) is 0 Å². The molecule has 15 heavy (non-hydrogen) atoms. The van der Waals surface area contributed by atoms with Gasteiger partial charge in [0.1, 0.15) is 0 Å². The minimum atomic E-state index is -1.99. The van der Waals surface area contributed by atoms with Crippen molar-refractivity contribution in [2.75, 3.05) is 13.7 Å². The quantitative estimate of drug-likeness (QED) is 0.692. The predicted molar refractivity (Wildman–Crippen MR) is 65.0 cm³/mol. The van der Waals surface area contributed by atoms with Gasteiger partial charge in [-0.3, -0.25) is 0 Å². The van der Waals surface area contributed by atoms with Crippen LogP contribution in [0, 0.1) is 0 Å². The average molecular weight is 224 g/mol. The Hall–Kier alpha value is -0.643. The van der Waals surface area contributed by atoms with Crippen LogP contribution >= 0.6 is 0 Å². The second kappa shape index (κ2) is 6.05. The van der Waals surface area contributed by atoms with E-state index in [1.807, 2.05) is 6.07 Å². The average Bonchev–Trinajstić information content (AvgIpc) is 2.28. The van der Waals surface area contributed by atoms with Crippen molar-refractivity contribution in [1.29, 1.82) is 0 Å². The first-order chi connectivity index (χ1) is 7.20. The largest absolute Gasteiger partial charge is 0.398 e. The third kappa shape index (κ3) is 4.16. The zero-order valence-electron chi connectivity index (χ0n) is 9.82. The summed E-state index contributed by atoms with van der Waals surface area (Å²) in [4.78, 5) is 0. The van der Waals surface area contributed by atoms with Gasteiger partial charge >= 0.3 is 8.56 Å². The Balaban J connectivity index is 2.59. The minimum absolute atomic E-state index is 0.795. The topological polar surface area (TPSA) is 18.5 Å². The number of rotatable bonds is 6. The highest BCUT2D eigenvalue weighted by Gasteiger charge is 2.30. The van der Waals surface area contributed by atoms with Gasteiger partial charge in [-0.05, 0) is 18.5 Å². The molecular formula is C12H20O2Si. The fraction of sp³-hybridized carbons (Fsp3) is 0.500. The van der Waals surface area contributed by atoms with Gasteiger partial charge in [0, 0.05) is 19.8 Å². The molecule has 0 saturated heterocycles. The van der Waals surface area contributed by atoms with Gasteiger partial charge in [0.15, 0.2) is 0 Å². The molecule has 0 bridgehead atoms. The molecular weight excluding hydrogens is 204 g/mol. The number of benzene rings is 1. The van der Waals surface area contributed by atoms with E-state index >= 15 is 0 Å². The highest BCUT2D eigenvalue weighted by molar-refractivity contribution is 6.65. The van der Waals surface area contributed by atoms with E-state index in [0.29, 0.717) is 0 Å². The molecule has 0 aromatic heterocycles. The molecule has 0 saturated carbocycles. The molecule has 0 amide bonds. The van der Waals surface area contributed by atoms with E-state index in [1.54, 1.807) is 7.11 Å². The lowest BCUT2D eigenvalue weighted by Gasteiger charge is -2.24. The summed E-state index contributed by atoms with van der Waals surface area (Å²) < 4.78 is 11.4. The molecule has 3 heteroatoms. The Labute approximate surface area is 93.5 Å². The van der Waals surface area contributed by atoms with Crippen molar-refractivity contribution in [3.05, 3.63) is 35.9 Å². The predicted octanol–water partition coefficient (Wildman–Crippen LogP) is 2.91. The molecule has 1 atom stereocenters. The molecule has 1 aromatic carbocycles. The third-order valence-electron chi connectivity index (χ3n) is 2.41. The maximum atomic E-state index is 5.85. The van der Waals surface area contributed by atoms with Crippen molar-refractivity contribution in [2.45, 2.75) is 25.9 Å². The van der Waals surface area contributed by atoms with Gasteiger partial charge in [-0.25, -0.2) is 0 Å².